The van der Waals surface area contributed by atoms with Gasteiger partial charge in [-0.05, 0) is 94.2 Å². The molecule has 4 nitrogen and oxygen atoms in total. The van der Waals surface area contributed by atoms with Crippen molar-refractivity contribution in [3.05, 3.63) is 170 Å². The van der Waals surface area contributed by atoms with Crippen LogP contribution >= 0.6 is 0 Å². The molecular weight excluding hydrogens is 633 g/mol. The van der Waals surface area contributed by atoms with Gasteiger partial charge in [0, 0.05) is 61.5 Å². The van der Waals surface area contributed by atoms with E-state index in [9.17, 15) is 0 Å². The summed E-state index contributed by atoms with van der Waals surface area (Å²) in [5, 5.41) is 9.74. The molecule has 0 radical (unpaired) electrons. The van der Waals surface area contributed by atoms with Gasteiger partial charge in [-0.2, -0.15) is 0 Å². The molecule has 0 N–H and O–H groups in total. The summed E-state index contributed by atoms with van der Waals surface area (Å²) in [4.78, 5) is 9.99. The number of para-hydroxylation sites is 2. The summed E-state index contributed by atoms with van der Waals surface area (Å²) in [7, 11) is 0. The van der Waals surface area contributed by atoms with Crippen molar-refractivity contribution in [2.45, 2.75) is 0 Å². The van der Waals surface area contributed by atoms with E-state index in [0.717, 1.165) is 39.1 Å². The van der Waals surface area contributed by atoms with Gasteiger partial charge in [-0.25, -0.2) is 4.98 Å². The molecule has 0 atom stereocenters. The zero-order valence-electron chi connectivity index (χ0n) is 28.0. The van der Waals surface area contributed by atoms with Crippen LogP contribution in [0.5, 0.6) is 0 Å². The lowest BCUT2D eigenvalue weighted by Crippen LogP contribution is -1.99. The standard InChI is InChI=1S/C48H28N4/c1-2-12-34(13-3-1)51-42-16-7-6-14-35(42)38-24-31(17-20-43(38)51)32-18-21-44-39(25-32)40-23-29-9-4-5-10-30(29)26-45(40)52(44)46-22-19-37-36-15-8-11-33-27-49-28-41(47(33)36)48(37)50-46/h1-28H. The minimum Gasteiger partial charge on any atom is -0.309 e. The molecule has 0 unspecified atom stereocenters. The van der Waals surface area contributed by atoms with E-state index in [4.69, 9.17) is 4.98 Å². The maximum Gasteiger partial charge on any atom is 0.138 e. The Morgan fingerprint density at radius 3 is 1.90 bits per heavy atom. The predicted molar refractivity (Wildman–Crippen MR) is 216 cm³/mol. The van der Waals surface area contributed by atoms with Gasteiger partial charge >= 0.3 is 0 Å². The monoisotopic (exact) mass is 660 g/mol. The molecule has 0 saturated carbocycles. The van der Waals surface area contributed by atoms with Crippen molar-refractivity contribution in [3.8, 4) is 45.0 Å². The van der Waals surface area contributed by atoms with E-state index in [2.05, 4.69) is 172 Å². The first kappa shape index (κ1) is 27.7. The van der Waals surface area contributed by atoms with E-state index >= 15 is 0 Å². The maximum atomic E-state index is 5.41. The Hall–Kier alpha value is -7.04. The van der Waals surface area contributed by atoms with Crippen molar-refractivity contribution in [2.24, 2.45) is 0 Å². The molecule has 52 heavy (non-hydrogen) atoms. The van der Waals surface area contributed by atoms with Gasteiger partial charge in [-0.3, -0.25) is 9.55 Å². The molecule has 1 aliphatic rings. The van der Waals surface area contributed by atoms with Crippen molar-refractivity contribution in [1.29, 1.82) is 0 Å². The van der Waals surface area contributed by atoms with Crippen LogP contribution < -0.4 is 0 Å². The van der Waals surface area contributed by atoms with Gasteiger partial charge in [0.05, 0.1) is 27.8 Å². The summed E-state index contributed by atoms with van der Waals surface area (Å²) in [6, 6.07) is 57.3. The highest BCUT2D eigenvalue weighted by atomic mass is 15.1. The van der Waals surface area contributed by atoms with Gasteiger partial charge in [0.25, 0.3) is 0 Å². The molecule has 4 aromatic heterocycles. The molecule has 7 aromatic carbocycles. The number of pyridine rings is 2. The molecule has 0 bridgehead atoms. The van der Waals surface area contributed by atoms with Crippen molar-refractivity contribution in [1.82, 2.24) is 19.1 Å². The summed E-state index contributed by atoms with van der Waals surface area (Å²) in [6.07, 6.45) is 3.91. The molecule has 0 amide bonds. The number of hydrogen-bond acceptors (Lipinski definition) is 2. The Labute approximate surface area is 298 Å². The van der Waals surface area contributed by atoms with E-state index in [-0.39, 0.29) is 0 Å². The Kier molecular flexibility index (Phi) is 5.47. The molecule has 0 aliphatic heterocycles. The van der Waals surface area contributed by atoms with Crippen LogP contribution in [0, 0.1) is 0 Å². The number of benzene rings is 7. The number of nitrogens with zero attached hydrogens (tertiary/aromatic N) is 4. The van der Waals surface area contributed by atoms with Gasteiger partial charge < -0.3 is 4.57 Å². The SMILES string of the molecule is c1ccc(-n2c3ccccc3c3cc(-c4ccc5c(c4)c4cc6ccccc6cc4n5-c4ccc5c(n4)-c4cncc6cccc-5c46)ccc32)cc1. The second-order valence-electron chi connectivity index (χ2n) is 13.9. The third-order valence-corrected chi connectivity index (χ3v) is 11.1. The lowest BCUT2D eigenvalue weighted by Gasteiger charge is -2.11. The van der Waals surface area contributed by atoms with Crippen LogP contribution in [0.15, 0.2) is 170 Å². The van der Waals surface area contributed by atoms with Crippen LogP contribution in [0.1, 0.15) is 0 Å². The Bertz CT molecular complexity index is 3290. The predicted octanol–water partition coefficient (Wildman–Crippen LogP) is 12.3. The molecular formula is C48H28N4. The fraction of sp³-hybridized carbons (Fsp3) is 0. The summed E-state index contributed by atoms with van der Waals surface area (Å²) in [6.45, 7) is 0. The summed E-state index contributed by atoms with van der Waals surface area (Å²) >= 11 is 0. The van der Waals surface area contributed by atoms with E-state index in [1.807, 2.05) is 12.4 Å². The first-order chi connectivity index (χ1) is 25.8. The maximum absolute atomic E-state index is 5.41. The molecule has 1 aliphatic carbocycles. The summed E-state index contributed by atoms with van der Waals surface area (Å²) < 4.78 is 4.71. The van der Waals surface area contributed by atoms with Crippen molar-refractivity contribution in [2.75, 3.05) is 0 Å². The van der Waals surface area contributed by atoms with E-state index in [1.54, 1.807) is 0 Å². The molecule has 4 heteroatoms. The van der Waals surface area contributed by atoms with Gasteiger partial charge in [0.15, 0.2) is 0 Å². The number of aromatic nitrogens is 4. The minimum atomic E-state index is 0.904. The highest BCUT2D eigenvalue weighted by molar-refractivity contribution is 6.16. The lowest BCUT2D eigenvalue weighted by molar-refractivity contribution is 1.09. The fourth-order valence-corrected chi connectivity index (χ4v) is 8.77. The smallest absolute Gasteiger partial charge is 0.138 e. The first-order valence-electron chi connectivity index (χ1n) is 17.7. The second kappa shape index (κ2) is 10.3. The first-order valence-corrected chi connectivity index (χ1v) is 17.7. The van der Waals surface area contributed by atoms with Crippen LogP contribution in [0.3, 0.4) is 0 Å². The van der Waals surface area contributed by atoms with Gasteiger partial charge in [-0.1, -0.05) is 91.0 Å². The number of fused-ring (bicyclic) bond motifs is 10. The summed E-state index contributed by atoms with van der Waals surface area (Å²) in [5.41, 5.74) is 12.7. The molecule has 0 saturated heterocycles. The van der Waals surface area contributed by atoms with Gasteiger partial charge in [-0.15, -0.1) is 0 Å². The molecule has 240 valence electrons. The number of hydrogen-bond donors (Lipinski definition) is 0. The van der Waals surface area contributed by atoms with Gasteiger partial charge in [0.2, 0.25) is 0 Å². The quantitative estimate of drug-likeness (QED) is 0.189. The van der Waals surface area contributed by atoms with E-state index < -0.39 is 0 Å². The van der Waals surface area contributed by atoms with Crippen LogP contribution in [-0.4, -0.2) is 19.1 Å². The van der Waals surface area contributed by atoms with E-state index in [0.29, 0.717) is 0 Å². The lowest BCUT2D eigenvalue weighted by atomic mass is 10.00. The normalized spacial score (nSPS) is 12.2. The Balaban J connectivity index is 1.09. The van der Waals surface area contributed by atoms with Crippen molar-refractivity contribution >= 4 is 65.2 Å². The zero-order valence-corrected chi connectivity index (χ0v) is 28.0. The second-order valence-corrected chi connectivity index (χ2v) is 13.9. The molecule has 11 aromatic rings. The van der Waals surface area contributed by atoms with Crippen LogP contribution in [0.4, 0.5) is 0 Å². The average Bonchev–Trinajstić information content (AvgIpc) is 3.83. The third kappa shape index (κ3) is 3.75. The highest BCUT2D eigenvalue weighted by Gasteiger charge is 2.25. The Morgan fingerprint density at radius 2 is 1.06 bits per heavy atom. The summed E-state index contributed by atoms with van der Waals surface area (Å²) in [5.74, 6) is 0.904. The largest absolute Gasteiger partial charge is 0.309 e. The van der Waals surface area contributed by atoms with Gasteiger partial charge in [0.1, 0.15) is 5.82 Å². The Morgan fingerprint density at radius 1 is 0.385 bits per heavy atom. The zero-order chi connectivity index (χ0) is 33.9. The van der Waals surface area contributed by atoms with Crippen LogP contribution in [0.25, 0.3) is 110 Å². The van der Waals surface area contributed by atoms with Crippen molar-refractivity contribution < 1.29 is 0 Å². The molecule has 0 fully saturated rings. The molecule has 4 heterocycles. The molecule has 12 rings (SSSR count). The number of rotatable bonds is 3. The average molecular weight is 661 g/mol. The third-order valence-electron chi connectivity index (χ3n) is 11.1. The van der Waals surface area contributed by atoms with E-state index in [1.165, 1.54) is 71.1 Å². The van der Waals surface area contributed by atoms with Crippen LogP contribution in [-0.2, 0) is 0 Å². The van der Waals surface area contributed by atoms with Crippen LogP contribution in [0.2, 0.25) is 0 Å². The minimum absolute atomic E-state index is 0.904. The topological polar surface area (TPSA) is 35.6 Å². The van der Waals surface area contributed by atoms with Crippen molar-refractivity contribution in [3.63, 3.8) is 0 Å². The fourth-order valence-electron chi connectivity index (χ4n) is 8.77. The highest BCUT2D eigenvalue weighted by Crippen LogP contribution is 2.47. The molecule has 0 spiro atoms.